The van der Waals surface area contributed by atoms with Gasteiger partial charge in [0.15, 0.2) is 0 Å². The third kappa shape index (κ3) is 3.88. The monoisotopic (exact) mass is 319 g/mol. The number of benzene rings is 1. The maximum absolute atomic E-state index is 12.0. The molecule has 1 N–H and O–H groups in total. The Morgan fingerprint density at radius 1 is 1.33 bits per heavy atom. The van der Waals surface area contributed by atoms with Crippen molar-refractivity contribution in [2.45, 2.75) is 6.36 Å². The molecule has 5 nitrogen and oxygen atoms in total. The maximum atomic E-state index is 12.0. The van der Waals surface area contributed by atoms with Crippen molar-refractivity contribution in [1.29, 1.82) is 0 Å². The number of amides is 1. The number of halogens is 4. The zero-order chi connectivity index (χ0) is 15.6. The lowest BCUT2D eigenvalue weighted by molar-refractivity contribution is -0.274. The number of rotatable bonds is 3. The van der Waals surface area contributed by atoms with Crippen molar-refractivity contribution in [3.63, 3.8) is 0 Å². The van der Waals surface area contributed by atoms with Crippen LogP contribution in [0.4, 0.5) is 18.9 Å². The Balaban J connectivity index is 2.07. The fraction of sp³-hybridized carbons (Fsp3) is 0.167. The third-order valence-electron chi connectivity index (χ3n) is 2.46. The molecule has 9 heteroatoms. The van der Waals surface area contributed by atoms with Gasteiger partial charge in [0.1, 0.15) is 10.9 Å². The quantitative estimate of drug-likeness (QED) is 0.945. The zero-order valence-corrected chi connectivity index (χ0v) is 11.4. The van der Waals surface area contributed by atoms with Crippen LogP contribution in [0.15, 0.2) is 30.5 Å². The minimum Gasteiger partial charge on any atom is -0.406 e. The summed E-state index contributed by atoms with van der Waals surface area (Å²) in [5, 5.41) is 6.46. The predicted octanol–water partition coefficient (Wildman–Crippen LogP) is 3.22. The van der Waals surface area contributed by atoms with E-state index < -0.39 is 12.3 Å². The van der Waals surface area contributed by atoms with Crippen LogP contribution < -0.4 is 10.1 Å². The van der Waals surface area contributed by atoms with Crippen LogP contribution in [0.25, 0.3) is 0 Å². The highest BCUT2D eigenvalue weighted by Gasteiger charge is 2.31. The van der Waals surface area contributed by atoms with Gasteiger partial charge in [0.05, 0.1) is 11.8 Å². The van der Waals surface area contributed by atoms with Crippen molar-refractivity contribution in [3.8, 4) is 5.75 Å². The number of hydrogen-bond acceptors (Lipinski definition) is 3. The second kappa shape index (κ2) is 5.65. The number of hydrogen-bond donors (Lipinski definition) is 1. The Kier molecular flexibility index (Phi) is 4.08. The fourth-order valence-corrected chi connectivity index (χ4v) is 1.69. The molecule has 0 saturated carbocycles. The van der Waals surface area contributed by atoms with Crippen molar-refractivity contribution >= 4 is 23.2 Å². The molecule has 0 bridgehead atoms. The zero-order valence-electron chi connectivity index (χ0n) is 10.6. The van der Waals surface area contributed by atoms with E-state index in [0.29, 0.717) is 5.69 Å². The lowest BCUT2D eigenvalue weighted by Gasteiger charge is -2.09. The molecule has 1 heterocycles. The summed E-state index contributed by atoms with van der Waals surface area (Å²) < 4.78 is 41.1. The first-order valence-corrected chi connectivity index (χ1v) is 5.99. The van der Waals surface area contributed by atoms with E-state index in [-0.39, 0.29) is 16.5 Å². The van der Waals surface area contributed by atoms with E-state index in [0.717, 1.165) is 12.1 Å². The molecule has 0 radical (unpaired) electrons. The number of anilines is 1. The Morgan fingerprint density at radius 2 is 1.95 bits per heavy atom. The van der Waals surface area contributed by atoms with Gasteiger partial charge >= 0.3 is 6.36 Å². The molecular weight excluding hydrogens is 311 g/mol. The Bertz CT molecular complexity index is 653. The molecule has 21 heavy (non-hydrogen) atoms. The van der Waals surface area contributed by atoms with Crippen LogP contribution in [-0.2, 0) is 7.05 Å². The maximum Gasteiger partial charge on any atom is 0.573 e. The summed E-state index contributed by atoms with van der Waals surface area (Å²) in [5.41, 5.74) is 0.462. The molecule has 1 aromatic carbocycles. The minimum absolute atomic E-state index is 0.157. The fourth-order valence-electron chi connectivity index (χ4n) is 1.51. The molecule has 0 spiro atoms. The normalized spacial score (nSPS) is 11.3. The lowest BCUT2D eigenvalue weighted by atomic mass is 10.2. The van der Waals surface area contributed by atoms with Crippen LogP contribution in [-0.4, -0.2) is 22.1 Å². The van der Waals surface area contributed by atoms with Crippen LogP contribution in [0.3, 0.4) is 0 Å². The van der Waals surface area contributed by atoms with Gasteiger partial charge in [-0.2, -0.15) is 5.10 Å². The number of ether oxygens (including phenoxy) is 1. The molecule has 0 aliphatic rings. The van der Waals surface area contributed by atoms with Crippen molar-refractivity contribution in [2.24, 2.45) is 7.05 Å². The van der Waals surface area contributed by atoms with Gasteiger partial charge in [-0.15, -0.1) is 13.2 Å². The summed E-state index contributed by atoms with van der Waals surface area (Å²) in [4.78, 5) is 11.9. The summed E-state index contributed by atoms with van der Waals surface area (Å²) in [5.74, 6) is -0.891. The van der Waals surface area contributed by atoms with E-state index >= 15 is 0 Å². The number of alkyl halides is 3. The molecule has 1 aromatic heterocycles. The first kappa shape index (κ1) is 15.2. The Hall–Kier alpha value is -2.22. The van der Waals surface area contributed by atoms with Gasteiger partial charge in [-0.05, 0) is 24.3 Å². The highest BCUT2D eigenvalue weighted by atomic mass is 35.5. The molecule has 0 saturated heterocycles. The Labute approximate surface area is 122 Å². The second-order valence-electron chi connectivity index (χ2n) is 4.00. The largest absolute Gasteiger partial charge is 0.573 e. The van der Waals surface area contributed by atoms with Crippen molar-refractivity contribution in [1.82, 2.24) is 9.78 Å². The molecule has 112 valence electrons. The van der Waals surface area contributed by atoms with Crippen molar-refractivity contribution < 1.29 is 22.7 Å². The lowest BCUT2D eigenvalue weighted by Crippen LogP contribution is -2.17. The van der Waals surface area contributed by atoms with E-state index in [1.807, 2.05) is 0 Å². The molecular formula is C12H9ClF3N3O2. The van der Waals surface area contributed by atoms with Crippen LogP contribution in [0.1, 0.15) is 10.4 Å². The minimum atomic E-state index is -4.76. The summed E-state index contributed by atoms with van der Waals surface area (Å²) in [6.07, 6.45) is -3.47. The number of carbonyl (C=O) groups is 1. The van der Waals surface area contributed by atoms with Gasteiger partial charge in [0.25, 0.3) is 5.91 Å². The molecule has 2 rings (SSSR count). The van der Waals surface area contributed by atoms with Gasteiger partial charge in [0, 0.05) is 12.7 Å². The highest BCUT2D eigenvalue weighted by Crippen LogP contribution is 2.24. The van der Waals surface area contributed by atoms with Gasteiger partial charge in [0.2, 0.25) is 0 Å². The van der Waals surface area contributed by atoms with Gasteiger partial charge in [-0.3, -0.25) is 9.48 Å². The number of carbonyl (C=O) groups excluding carboxylic acids is 1. The molecule has 0 unspecified atom stereocenters. The summed E-state index contributed by atoms with van der Waals surface area (Å²) in [6.45, 7) is 0. The molecule has 0 fully saturated rings. The average Bonchev–Trinajstić information content (AvgIpc) is 2.71. The topological polar surface area (TPSA) is 56.2 Å². The first-order chi connectivity index (χ1) is 9.76. The predicted molar refractivity (Wildman–Crippen MR) is 69.3 cm³/mol. The highest BCUT2D eigenvalue weighted by molar-refractivity contribution is 6.33. The molecule has 0 aliphatic carbocycles. The number of nitrogens with one attached hydrogen (secondary N) is 1. The standard InChI is InChI=1S/C12H9ClF3N3O2/c1-19-10(13)9(6-17-19)11(20)18-7-2-4-8(5-3-7)21-12(14,15)16/h2-6H,1H3,(H,18,20). The number of aromatic nitrogens is 2. The van der Waals surface area contributed by atoms with E-state index in [2.05, 4.69) is 15.2 Å². The first-order valence-electron chi connectivity index (χ1n) is 5.61. The van der Waals surface area contributed by atoms with Crippen LogP contribution in [0, 0.1) is 0 Å². The van der Waals surface area contributed by atoms with E-state index in [1.165, 1.54) is 23.0 Å². The molecule has 1 amide bonds. The van der Waals surface area contributed by atoms with Gasteiger partial charge in [-0.1, -0.05) is 11.6 Å². The molecule has 2 aromatic rings. The number of nitrogens with zero attached hydrogens (tertiary/aromatic N) is 2. The van der Waals surface area contributed by atoms with Gasteiger partial charge < -0.3 is 10.1 Å². The summed E-state index contributed by atoms with van der Waals surface area (Å²) in [7, 11) is 1.57. The van der Waals surface area contributed by atoms with E-state index in [1.54, 1.807) is 7.05 Å². The van der Waals surface area contributed by atoms with Crippen molar-refractivity contribution in [2.75, 3.05) is 5.32 Å². The van der Waals surface area contributed by atoms with E-state index in [9.17, 15) is 18.0 Å². The average molecular weight is 320 g/mol. The van der Waals surface area contributed by atoms with Crippen LogP contribution >= 0.6 is 11.6 Å². The number of aryl methyl sites for hydroxylation is 1. The van der Waals surface area contributed by atoms with Crippen LogP contribution in [0.5, 0.6) is 5.75 Å². The van der Waals surface area contributed by atoms with Crippen LogP contribution in [0.2, 0.25) is 5.15 Å². The molecule has 0 atom stereocenters. The van der Waals surface area contributed by atoms with E-state index in [4.69, 9.17) is 11.6 Å². The van der Waals surface area contributed by atoms with Gasteiger partial charge in [-0.25, -0.2) is 0 Å². The third-order valence-corrected chi connectivity index (χ3v) is 2.91. The smallest absolute Gasteiger partial charge is 0.406 e. The van der Waals surface area contributed by atoms with Crippen molar-refractivity contribution in [3.05, 3.63) is 41.2 Å². The SMILES string of the molecule is Cn1ncc(C(=O)Nc2ccc(OC(F)(F)F)cc2)c1Cl. The second-order valence-corrected chi connectivity index (χ2v) is 4.36. The Morgan fingerprint density at radius 3 is 2.43 bits per heavy atom. The summed E-state index contributed by atoms with van der Waals surface area (Å²) >= 11 is 5.86. The molecule has 0 aliphatic heterocycles. The summed E-state index contributed by atoms with van der Waals surface area (Å²) in [6, 6.07) is 4.74.